The molecule has 5 heteroatoms. The van der Waals surface area contributed by atoms with E-state index in [0.717, 1.165) is 30.4 Å². The van der Waals surface area contributed by atoms with Gasteiger partial charge in [0.1, 0.15) is 12.3 Å². The summed E-state index contributed by atoms with van der Waals surface area (Å²) in [6.45, 7) is 5.68. The number of hydrogen-bond donors (Lipinski definition) is 2. The van der Waals surface area contributed by atoms with Crippen molar-refractivity contribution in [3.63, 3.8) is 0 Å². The summed E-state index contributed by atoms with van der Waals surface area (Å²) >= 11 is 0. The maximum Gasteiger partial charge on any atom is 0.184 e. The highest BCUT2D eigenvalue weighted by molar-refractivity contribution is 7.91. The first-order valence-corrected chi connectivity index (χ1v) is 11.7. The summed E-state index contributed by atoms with van der Waals surface area (Å²) in [5.74, 6) is 0.282. The van der Waals surface area contributed by atoms with Crippen LogP contribution in [0.4, 0.5) is 0 Å². The average molecular weight is 375 g/mol. The lowest BCUT2D eigenvalue weighted by Crippen LogP contribution is -3.22. The lowest BCUT2D eigenvalue weighted by Gasteiger charge is -2.26. The summed E-state index contributed by atoms with van der Waals surface area (Å²) in [5.41, 5.74) is 0. The summed E-state index contributed by atoms with van der Waals surface area (Å²) in [6, 6.07) is 13.8. The number of hydrogen-bond acceptors (Lipinski definition) is 2. The highest BCUT2D eigenvalue weighted by atomic mass is 32.2. The predicted molar refractivity (Wildman–Crippen MR) is 105 cm³/mol. The zero-order valence-corrected chi connectivity index (χ0v) is 16.2. The zero-order chi connectivity index (χ0) is 18.0. The van der Waals surface area contributed by atoms with Gasteiger partial charge in [-0.3, -0.25) is 0 Å². The number of sulfone groups is 1. The first-order chi connectivity index (χ1) is 12.6. The van der Waals surface area contributed by atoms with Crippen LogP contribution in [-0.2, 0) is 9.84 Å². The van der Waals surface area contributed by atoms with E-state index in [1.54, 1.807) is 11.0 Å². The maximum absolute atomic E-state index is 13.2. The molecular weight excluding hydrogens is 344 g/mol. The number of rotatable bonds is 6. The van der Waals surface area contributed by atoms with Crippen LogP contribution in [0.1, 0.15) is 25.7 Å². The number of fused-ring (bicyclic) bond motifs is 1. The van der Waals surface area contributed by atoms with Crippen LogP contribution in [0.25, 0.3) is 10.8 Å². The van der Waals surface area contributed by atoms with Crippen LogP contribution < -0.4 is 9.80 Å². The Kier molecular flexibility index (Phi) is 5.30. The predicted octanol–water partition coefficient (Wildman–Crippen LogP) is 0.340. The molecule has 2 aromatic rings. The van der Waals surface area contributed by atoms with Crippen molar-refractivity contribution in [2.24, 2.45) is 0 Å². The minimum Gasteiger partial charge on any atom is -0.330 e. The Morgan fingerprint density at radius 1 is 0.846 bits per heavy atom. The second kappa shape index (κ2) is 7.67. The van der Waals surface area contributed by atoms with Crippen molar-refractivity contribution in [1.29, 1.82) is 0 Å². The Morgan fingerprint density at radius 2 is 1.50 bits per heavy atom. The van der Waals surface area contributed by atoms with Crippen LogP contribution in [0, 0.1) is 0 Å². The number of quaternary nitrogens is 2. The van der Waals surface area contributed by atoms with E-state index in [9.17, 15) is 8.42 Å². The fraction of sp³-hybridized carbons (Fsp3) is 0.524. The lowest BCUT2D eigenvalue weighted by atomic mass is 10.1. The molecule has 2 aromatic carbocycles. The normalized spacial score (nSPS) is 20.8. The van der Waals surface area contributed by atoms with E-state index in [1.807, 2.05) is 36.4 Å². The summed E-state index contributed by atoms with van der Waals surface area (Å²) in [5, 5.41) is 2.10. The molecule has 26 heavy (non-hydrogen) atoms. The minimum absolute atomic E-state index is 0.224. The molecule has 0 aromatic heterocycles. The summed E-state index contributed by atoms with van der Waals surface area (Å²) in [7, 11) is -3.26. The van der Waals surface area contributed by atoms with Gasteiger partial charge in [0, 0.05) is 25.7 Å². The van der Waals surface area contributed by atoms with E-state index in [0.29, 0.717) is 4.90 Å². The zero-order valence-electron chi connectivity index (χ0n) is 15.4. The summed E-state index contributed by atoms with van der Waals surface area (Å²) in [4.78, 5) is 3.59. The quantitative estimate of drug-likeness (QED) is 0.766. The van der Waals surface area contributed by atoms with Crippen LogP contribution in [0.15, 0.2) is 47.4 Å². The van der Waals surface area contributed by atoms with Crippen molar-refractivity contribution in [1.82, 2.24) is 0 Å². The van der Waals surface area contributed by atoms with Gasteiger partial charge in [0.05, 0.1) is 31.1 Å². The first-order valence-electron chi connectivity index (χ1n) is 10.0. The Bertz CT molecular complexity index is 853. The first kappa shape index (κ1) is 18.0. The van der Waals surface area contributed by atoms with E-state index < -0.39 is 9.84 Å². The van der Waals surface area contributed by atoms with Crippen molar-refractivity contribution >= 4 is 20.6 Å². The molecule has 0 radical (unpaired) electrons. The van der Waals surface area contributed by atoms with Gasteiger partial charge in [-0.15, -0.1) is 0 Å². The molecule has 2 N–H and O–H groups in total. The molecule has 2 saturated heterocycles. The van der Waals surface area contributed by atoms with Crippen molar-refractivity contribution in [3.05, 3.63) is 42.5 Å². The van der Waals surface area contributed by atoms with Crippen LogP contribution in [-0.4, -0.2) is 52.9 Å². The van der Waals surface area contributed by atoms with Crippen molar-refractivity contribution in [2.45, 2.75) is 36.6 Å². The molecule has 0 unspecified atom stereocenters. The second-order valence-corrected chi connectivity index (χ2v) is 10.0. The van der Waals surface area contributed by atoms with Crippen LogP contribution in [0.5, 0.6) is 0 Å². The Hall–Kier alpha value is -1.43. The van der Waals surface area contributed by atoms with Gasteiger partial charge >= 0.3 is 0 Å². The van der Waals surface area contributed by atoms with Crippen LogP contribution in [0.2, 0.25) is 0 Å². The molecule has 2 fully saturated rings. The van der Waals surface area contributed by atoms with Gasteiger partial charge in [-0.1, -0.05) is 30.3 Å². The van der Waals surface area contributed by atoms with Gasteiger partial charge < -0.3 is 9.80 Å². The Labute approximate surface area is 156 Å². The van der Waals surface area contributed by atoms with Gasteiger partial charge in [-0.05, 0) is 22.9 Å². The van der Waals surface area contributed by atoms with E-state index in [4.69, 9.17) is 0 Å². The number of likely N-dealkylation sites (tertiary alicyclic amines) is 2. The molecule has 0 saturated carbocycles. The molecule has 2 aliphatic heterocycles. The molecule has 0 amide bonds. The Morgan fingerprint density at radius 3 is 2.23 bits per heavy atom. The third-order valence-electron chi connectivity index (χ3n) is 6.17. The molecule has 2 heterocycles. The molecule has 0 aliphatic carbocycles. The highest BCUT2D eigenvalue weighted by Crippen LogP contribution is 2.20. The van der Waals surface area contributed by atoms with Crippen LogP contribution in [0.3, 0.4) is 0 Å². The van der Waals surface area contributed by atoms with E-state index >= 15 is 0 Å². The van der Waals surface area contributed by atoms with Crippen LogP contribution >= 0.6 is 0 Å². The van der Waals surface area contributed by atoms with Crippen molar-refractivity contribution in [2.75, 3.05) is 38.5 Å². The smallest absolute Gasteiger partial charge is 0.184 e. The SMILES string of the molecule is O=S(=O)(C[C@@H](C[NH+]1CCCC1)[NH+]1CCCC1)c1ccc2ccccc2c1. The third-order valence-corrected chi connectivity index (χ3v) is 7.98. The summed E-state index contributed by atoms with van der Waals surface area (Å²) < 4.78 is 26.4. The molecule has 4 rings (SSSR count). The monoisotopic (exact) mass is 374 g/mol. The fourth-order valence-electron chi connectivity index (χ4n) is 4.71. The van der Waals surface area contributed by atoms with Crippen molar-refractivity contribution < 1.29 is 18.2 Å². The molecule has 0 bridgehead atoms. The summed E-state index contributed by atoms with van der Waals surface area (Å²) in [6.07, 6.45) is 5.04. The molecule has 140 valence electrons. The highest BCUT2D eigenvalue weighted by Gasteiger charge is 2.35. The lowest BCUT2D eigenvalue weighted by molar-refractivity contribution is -0.963. The molecule has 4 nitrogen and oxygen atoms in total. The van der Waals surface area contributed by atoms with Gasteiger partial charge in [-0.25, -0.2) is 8.42 Å². The standard InChI is InChI=1S/C21H28N2O2S/c24-26(25,21-10-9-18-7-1-2-8-19(18)15-21)17-20(23-13-5-6-14-23)16-22-11-3-4-12-22/h1-2,7-10,15,20H,3-6,11-14,16-17H2/p+2/t20-/m1/s1. The van der Waals surface area contributed by atoms with E-state index in [1.165, 1.54) is 43.7 Å². The minimum atomic E-state index is -3.26. The van der Waals surface area contributed by atoms with Crippen molar-refractivity contribution in [3.8, 4) is 0 Å². The third kappa shape index (κ3) is 3.95. The molecular formula is C21H30N2O2S+2. The van der Waals surface area contributed by atoms with E-state index in [2.05, 4.69) is 0 Å². The maximum atomic E-state index is 13.2. The topological polar surface area (TPSA) is 43.0 Å². The fourth-order valence-corrected chi connectivity index (χ4v) is 6.37. The number of nitrogens with one attached hydrogen (secondary N) is 2. The van der Waals surface area contributed by atoms with Gasteiger partial charge in [-0.2, -0.15) is 0 Å². The van der Waals surface area contributed by atoms with E-state index in [-0.39, 0.29) is 11.8 Å². The second-order valence-electron chi connectivity index (χ2n) is 8.01. The molecule has 0 spiro atoms. The van der Waals surface area contributed by atoms with Gasteiger partial charge in [0.25, 0.3) is 0 Å². The molecule has 2 aliphatic rings. The largest absolute Gasteiger partial charge is 0.330 e. The van der Waals surface area contributed by atoms with Gasteiger partial charge in [0.15, 0.2) is 15.9 Å². The molecule has 1 atom stereocenters. The Balaban J connectivity index is 1.57. The average Bonchev–Trinajstić information content (AvgIpc) is 3.34. The number of benzene rings is 2. The van der Waals surface area contributed by atoms with Gasteiger partial charge in [0.2, 0.25) is 0 Å².